The molecule has 19 heavy (non-hydrogen) atoms. The molecule has 0 aromatic heterocycles. The zero-order chi connectivity index (χ0) is 14.3. The van der Waals surface area contributed by atoms with Crippen LogP contribution in [0.5, 0.6) is 0 Å². The number of nitrogens with one attached hydrogen (secondary N) is 2. The van der Waals surface area contributed by atoms with E-state index in [0.717, 1.165) is 38.6 Å². The molecule has 1 saturated heterocycles. The van der Waals surface area contributed by atoms with Gasteiger partial charge in [-0.1, -0.05) is 13.8 Å². The van der Waals surface area contributed by atoms with Gasteiger partial charge in [0.2, 0.25) is 0 Å². The Morgan fingerprint density at radius 2 is 2.05 bits per heavy atom. The maximum absolute atomic E-state index is 5.52. The normalized spacial score (nSPS) is 23.8. The van der Waals surface area contributed by atoms with E-state index in [-0.39, 0.29) is 0 Å². The Labute approximate surface area is 119 Å². The summed E-state index contributed by atoms with van der Waals surface area (Å²) in [5, 5.41) is 7.32. The summed E-state index contributed by atoms with van der Waals surface area (Å²) in [6.07, 6.45) is 2.37. The van der Waals surface area contributed by atoms with E-state index in [4.69, 9.17) is 4.74 Å². The quantitative estimate of drug-likeness (QED) is 0.698. The van der Waals surface area contributed by atoms with Gasteiger partial charge in [-0.15, -0.1) is 0 Å². The molecule has 1 aliphatic heterocycles. The molecule has 0 saturated carbocycles. The lowest BCUT2D eigenvalue weighted by Gasteiger charge is -2.31. The Balaban J connectivity index is 2.33. The van der Waals surface area contributed by atoms with Crippen molar-refractivity contribution >= 4 is 0 Å². The van der Waals surface area contributed by atoms with Gasteiger partial charge in [0.1, 0.15) is 0 Å². The van der Waals surface area contributed by atoms with Crippen LogP contribution in [0.25, 0.3) is 0 Å². The van der Waals surface area contributed by atoms with Gasteiger partial charge >= 0.3 is 0 Å². The third-order valence-electron chi connectivity index (χ3n) is 3.50. The van der Waals surface area contributed by atoms with Gasteiger partial charge in [0, 0.05) is 31.2 Å². The summed E-state index contributed by atoms with van der Waals surface area (Å²) >= 11 is 0. The second kappa shape index (κ2) is 8.90. The molecule has 1 heterocycles. The van der Waals surface area contributed by atoms with Crippen LogP contribution < -0.4 is 10.6 Å². The zero-order valence-corrected chi connectivity index (χ0v) is 13.4. The number of rotatable bonds is 8. The van der Waals surface area contributed by atoms with Crippen LogP contribution in [0.1, 0.15) is 33.6 Å². The highest BCUT2D eigenvalue weighted by molar-refractivity contribution is 4.80. The van der Waals surface area contributed by atoms with E-state index < -0.39 is 0 Å². The molecule has 114 valence electrons. The molecule has 0 radical (unpaired) electrons. The van der Waals surface area contributed by atoms with Crippen molar-refractivity contribution in [3.05, 3.63) is 0 Å². The van der Waals surface area contributed by atoms with Crippen LogP contribution >= 0.6 is 0 Å². The van der Waals surface area contributed by atoms with Crippen LogP contribution in [0.3, 0.4) is 0 Å². The lowest BCUT2D eigenvalue weighted by molar-refractivity contribution is 0.0704. The average molecular weight is 271 g/mol. The van der Waals surface area contributed by atoms with E-state index in [0.29, 0.717) is 18.1 Å². The van der Waals surface area contributed by atoms with Crippen LogP contribution in [-0.2, 0) is 4.74 Å². The SMILES string of the molecule is CC(C)CC(CN(C)C)NC(C)CC1COCCN1. The fraction of sp³-hybridized carbons (Fsp3) is 1.00. The Kier molecular flexibility index (Phi) is 7.91. The molecule has 4 heteroatoms. The topological polar surface area (TPSA) is 36.5 Å². The van der Waals surface area contributed by atoms with Gasteiger partial charge in [-0.2, -0.15) is 0 Å². The van der Waals surface area contributed by atoms with Crippen molar-refractivity contribution in [2.24, 2.45) is 5.92 Å². The second-order valence-corrected chi connectivity index (χ2v) is 6.62. The second-order valence-electron chi connectivity index (χ2n) is 6.62. The molecule has 0 aliphatic carbocycles. The van der Waals surface area contributed by atoms with Crippen molar-refractivity contribution < 1.29 is 4.74 Å². The molecule has 4 nitrogen and oxygen atoms in total. The molecule has 0 aromatic rings. The summed E-state index contributed by atoms with van der Waals surface area (Å²) in [5.41, 5.74) is 0. The van der Waals surface area contributed by atoms with Crippen LogP contribution in [0.4, 0.5) is 0 Å². The highest BCUT2D eigenvalue weighted by atomic mass is 16.5. The minimum Gasteiger partial charge on any atom is -0.379 e. The first-order valence-electron chi connectivity index (χ1n) is 7.69. The van der Waals surface area contributed by atoms with Crippen molar-refractivity contribution in [3.63, 3.8) is 0 Å². The Morgan fingerprint density at radius 1 is 1.32 bits per heavy atom. The van der Waals surface area contributed by atoms with Gasteiger partial charge in [0.15, 0.2) is 0 Å². The van der Waals surface area contributed by atoms with E-state index in [1.807, 2.05) is 0 Å². The highest BCUT2D eigenvalue weighted by Gasteiger charge is 2.19. The molecule has 0 aromatic carbocycles. The number of hydrogen-bond donors (Lipinski definition) is 2. The molecular formula is C15H33N3O. The molecular weight excluding hydrogens is 238 g/mol. The molecule has 2 N–H and O–H groups in total. The maximum Gasteiger partial charge on any atom is 0.0620 e. The maximum atomic E-state index is 5.52. The largest absolute Gasteiger partial charge is 0.379 e. The van der Waals surface area contributed by atoms with Crippen LogP contribution in [0.2, 0.25) is 0 Å². The zero-order valence-electron chi connectivity index (χ0n) is 13.4. The summed E-state index contributed by atoms with van der Waals surface area (Å²) < 4.78 is 5.52. The molecule has 1 fully saturated rings. The van der Waals surface area contributed by atoms with Crippen molar-refractivity contribution in [2.45, 2.75) is 51.7 Å². The molecule has 3 atom stereocenters. The van der Waals surface area contributed by atoms with Crippen molar-refractivity contribution in [1.29, 1.82) is 0 Å². The number of likely N-dealkylation sites (N-methyl/N-ethyl adjacent to an activating group) is 1. The first-order valence-corrected chi connectivity index (χ1v) is 7.69. The molecule has 0 spiro atoms. The van der Waals surface area contributed by atoms with Crippen molar-refractivity contribution in [1.82, 2.24) is 15.5 Å². The van der Waals surface area contributed by atoms with E-state index in [1.165, 1.54) is 6.42 Å². The van der Waals surface area contributed by atoms with Gasteiger partial charge in [-0.25, -0.2) is 0 Å². The summed E-state index contributed by atoms with van der Waals surface area (Å²) in [5.74, 6) is 0.737. The fourth-order valence-electron chi connectivity index (χ4n) is 2.87. The summed E-state index contributed by atoms with van der Waals surface area (Å²) in [6, 6.07) is 1.62. The third kappa shape index (κ3) is 7.88. The third-order valence-corrected chi connectivity index (χ3v) is 3.50. The minimum atomic E-state index is 0.510. The summed E-state index contributed by atoms with van der Waals surface area (Å²) in [7, 11) is 4.30. The summed E-state index contributed by atoms with van der Waals surface area (Å²) in [4.78, 5) is 2.27. The van der Waals surface area contributed by atoms with Gasteiger partial charge in [0.05, 0.1) is 13.2 Å². The molecule has 3 unspecified atom stereocenters. The van der Waals surface area contributed by atoms with Crippen molar-refractivity contribution in [3.8, 4) is 0 Å². The number of nitrogens with zero attached hydrogens (tertiary/aromatic N) is 1. The van der Waals surface area contributed by atoms with E-state index >= 15 is 0 Å². The van der Waals surface area contributed by atoms with E-state index in [1.54, 1.807) is 0 Å². The van der Waals surface area contributed by atoms with E-state index in [2.05, 4.69) is 50.4 Å². The number of hydrogen-bond acceptors (Lipinski definition) is 4. The predicted molar refractivity (Wildman–Crippen MR) is 81.6 cm³/mol. The standard InChI is InChI=1S/C15H33N3O/c1-12(2)8-14(10-18(4)5)17-13(3)9-15-11-19-7-6-16-15/h12-17H,6-11H2,1-5H3. The summed E-state index contributed by atoms with van der Waals surface area (Å²) in [6.45, 7) is 10.7. The van der Waals surface area contributed by atoms with Gasteiger partial charge < -0.3 is 20.3 Å². The lowest BCUT2D eigenvalue weighted by Crippen LogP contribution is -2.48. The van der Waals surface area contributed by atoms with Crippen LogP contribution in [0, 0.1) is 5.92 Å². The Hall–Kier alpha value is -0.160. The van der Waals surface area contributed by atoms with Crippen LogP contribution in [-0.4, -0.2) is 63.4 Å². The average Bonchev–Trinajstić information content (AvgIpc) is 2.27. The van der Waals surface area contributed by atoms with E-state index in [9.17, 15) is 0 Å². The van der Waals surface area contributed by atoms with Crippen LogP contribution in [0.15, 0.2) is 0 Å². The smallest absolute Gasteiger partial charge is 0.0620 e. The molecule has 0 amide bonds. The van der Waals surface area contributed by atoms with Gasteiger partial charge in [0.25, 0.3) is 0 Å². The Morgan fingerprint density at radius 3 is 2.58 bits per heavy atom. The molecule has 1 aliphatic rings. The molecule has 0 bridgehead atoms. The first kappa shape index (κ1) is 16.9. The highest BCUT2D eigenvalue weighted by Crippen LogP contribution is 2.09. The number of morpholine rings is 1. The lowest BCUT2D eigenvalue weighted by atomic mass is 10.0. The predicted octanol–water partition coefficient (Wildman–Crippen LogP) is 1.32. The van der Waals surface area contributed by atoms with Gasteiger partial charge in [-0.3, -0.25) is 0 Å². The van der Waals surface area contributed by atoms with Gasteiger partial charge in [-0.05, 0) is 39.8 Å². The Bertz CT molecular complexity index is 217. The van der Waals surface area contributed by atoms with Crippen molar-refractivity contribution in [2.75, 3.05) is 40.4 Å². The first-order chi connectivity index (χ1) is 8.97. The molecule has 1 rings (SSSR count). The monoisotopic (exact) mass is 271 g/mol. The minimum absolute atomic E-state index is 0.510. The fourth-order valence-corrected chi connectivity index (χ4v) is 2.87. The number of ether oxygens (including phenoxy) is 1.